The van der Waals surface area contributed by atoms with Crippen molar-refractivity contribution in [3.05, 3.63) is 108 Å². The number of hydrogen-bond donors (Lipinski definition) is 1. The van der Waals surface area contributed by atoms with Crippen molar-refractivity contribution in [1.29, 1.82) is 0 Å². The van der Waals surface area contributed by atoms with E-state index in [1.165, 1.54) is 11.1 Å². The Morgan fingerprint density at radius 1 is 0.824 bits per heavy atom. The van der Waals surface area contributed by atoms with Crippen molar-refractivity contribution in [2.75, 3.05) is 4.90 Å². The molecule has 0 fully saturated rings. The van der Waals surface area contributed by atoms with E-state index in [1.54, 1.807) is 6.07 Å². The number of fused-ring (bicyclic) bond motifs is 3. The van der Waals surface area contributed by atoms with Crippen molar-refractivity contribution < 1.29 is 26.2 Å². The molecule has 0 unspecified atom stereocenters. The third kappa shape index (κ3) is 3.41. The van der Waals surface area contributed by atoms with Gasteiger partial charge in [-0.3, -0.25) is 4.98 Å². The molecule has 0 aliphatic carbocycles. The Morgan fingerprint density at radius 3 is 2.47 bits per heavy atom. The zero-order chi connectivity index (χ0) is 22.6. The monoisotopic (exact) mass is 623 g/mol. The van der Waals surface area contributed by atoms with Crippen LogP contribution in [0.2, 0.25) is 0 Å². The number of aromatic hydroxyl groups is 1. The Labute approximate surface area is 213 Å². The fourth-order valence-corrected chi connectivity index (χ4v) is 4.78. The van der Waals surface area contributed by atoms with Crippen molar-refractivity contribution in [3.8, 4) is 17.0 Å². The van der Waals surface area contributed by atoms with Gasteiger partial charge in [-0.15, -0.1) is 23.8 Å². The van der Waals surface area contributed by atoms with E-state index >= 15 is 0 Å². The second kappa shape index (κ2) is 8.38. The van der Waals surface area contributed by atoms with Gasteiger partial charge in [-0.05, 0) is 46.6 Å². The average molecular weight is 624 g/mol. The third-order valence-electron chi connectivity index (χ3n) is 6.49. The number of rotatable bonds is 2. The van der Waals surface area contributed by atoms with E-state index in [0.717, 1.165) is 33.8 Å². The maximum absolute atomic E-state index is 10.3. The maximum atomic E-state index is 10.3. The molecule has 6 rings (SSSR count). The summed E-state index contributed by atoms with van der Waals surface area (Å²) >= 11 is 0. The number of anilines is 3. The van der Waals surface area contributed by atoms with E-state index in [1.807, 2.05) is 48.7 Å². The molecule has 0 bridgehead atoms. The van der Waals surface area contributed by atoms with Crippen LogP contribution in [-0.2, 0) is 26.5 Å². The summed E-state index contributed by atoms with van der Waals surface area (Å²) < 4.78 is 0. The molecule has 2 aromatic heterocycles. The van der Waals surface area contributed by atoms with E-state index in [2.05, 4.69) is 66.2 Å². The standard InChI is InChI=1S/C29H22N3O.Pt/c1-29(2)21-9-3-4-10-24(21)32(27-12-5-6-17-30-27)25-18-20(13-15-22(25)29)23-16-14-19-8-7-11-26(33)28(19)31-23;/h3-17,33H,1-2H3;/q-1;. The number of phenols is 1. The first-order valence-electron chi connectivity index (χ1n) is 11.0. The number of nitrogens with zero attached hydrogens (tertiary/aromatic N) is 3. The Morgan fingerprint density at radius 2 is 1.65 bits per heavy atom. The van der Waals surface area contributed by atoms with Gasteiger partial charge in [0.2, 0.25) is 0 Å². The van der Waals surface area contributed by atoms with Gasteiger partial charge < -0.3 is 10.0 Å². The number of para-hydroxylation sites is 2. The molecule has 5 aromatic rings. The average Bonchev–Trinajstić information content (AvgIpc) is 2.85. The van der Waals surface area contributed by atoms with E-state index in [4.69, 9.17) is 4.98 Å². The van der Waals surface area contributed by atoms with Gasteiger partial charge in [0, 0.05) is 38.3 Å². The summed E-state index contributed by atoms with van der Waals surface area (Å²) in [5.41, 5.74) is 6.53. The topological polar surface area (TPSA) is 49.3 Å². The van der Waals surface area contributed by atoms with Crippen LogP contribution in [0.15, 0.2) is 91.1 Å². The number of benzene rings is 3. The second-order valence-electron chi connectivity index (χ2n) is 8.85. The predicted molar refractivity (Wildman–Crippen MR) is 132 cm³/mol. The molecule has 0 atom stereocenters. The van der Waals surface area contributed by atoms with Crippen molar-refractivity contribution in [2.45, 2.75) is 19.3 Å². The van der Waals surface area contributed by atoms with Crippen LogP contribution in [0.1, 0.15) is 25.0 Å². The maximum Gasteiger partial charge on any atom is 0.140 e. The minimum absolute atomic E-state index is 0. The van der Waals surface area contributed by atoms with Crippen LogP contribution in [0, 0.1) is 6.07 Å². The molecule has 1 N–H and O–H groups in total. The largest absolute Gasteiger partial charge is 0.506 e. The number of hydrogen-bond acceptors (Lipinski definition) is 4. The van der Waals surface area contributed by atoms with Crippen molar-refractivity contribution >= 4 is 28.1 Å². The molecule has 3 heterocycles. The minimum atomic E-state index is -0.193. The molecular weight excluding hydrogens is 601 g/mol. The van der Waals surface area contributed by atoms with Gasteiger partial charge >= 0.3 is 0 Å². The smallest absolute Gasteiger partial charge is 0.140 e. The molecule has 0 saturated carbocycles. The molecule has 0 radical (unpaired) electrons. The molecule has 3 aromatic carbocycles. The molecular formula is C29H22N3OPt-. The van der Waals surface area contributed by atoms with Gasteiger partial charge in [0.05, 0.1) is 0 Å². The van der Waals surface area contributed by atoms with Gasteiger partial charge in [0.1, 0.15) is 17.1 Å². The van der Waals surface area contributed by atoms with E-state index in [0.29, 0.717) is 5.52 Å². The van der Waals surface area contributed by atoms with Gasteiger partial charge in [0.15, 0.2) is 0 Å². The van der Waals surface area contributed by atoms with Crippen LogP contribution in [0.5, 0.6) is 5.75 Å². The van der Waals surface area contributed by atoms with Crippen LogP contribution in [0.3, 0.4) is 0 Å². The summed E-state index contributed by atoms with van der Waals surface area (Å²) in [6, 6.07) is 31.7. The zero-order valence-corrected chi connectivity index (χ0v) is 21.0. The summed E-state index contributed by atoms with van der Waals surface area (Å²) in [5, 5.41) is 11.2. The van der Waals surface area contributed by atoms with Crippen molar-refractivity contribution in [2.24, 2.45) is 0 Å². The molecule has 1 aliphatic rings. The van der Waals surface area contributed by atoms with Gasteiger partial charge in [0.25, 0.3) is 0 Å². The SMILES string of the molecule is CC1(C)c2ccc(-c3ccc4cccc(O)c4n3)[c-]c2N(c2ccccn2)c2ccccc21.[Pt]. The van der Waals surface area contributed by atoms with E-state index in [9.17, 15) is 5.11 Å². The van der Waals surface area contributed by atoms with Crippen LogP contribution >= 0.6 is 0 Å². The minimum Gasteiger partial charge on any atom is -0.506 e. The number of pyridine rings is 2. The quantitative estimate of drug-likeness (QED) is 0.217. The van der Waals surface area contributed by atoms with Crippen molar-refractivity contribution in [1.82, 2.24) is 9.97 Å². The fourth-order valence-electron chi connectivity index (χ4n) is 4.78. The molecule has 4 nitrogen and oxygen atoms in total. The van der Waals surface area contributed by atoms with E-state index < -0.39 is 0 Å². The summed E-state index contributed by atoms with van der Waals surface area (Å²) in [4.78, 5) is 11.6. The molecule has 0 saturated heterocycles. The fraction of sp³-hybridized carbons (Fsp3) is 0.103. The Hall–Kier alpha value is -3.49. The summed E-state index contributed by atoms with van der Waals surface area (Å²) in [5.74, 6) is 1.02. The third-order valence-corrected chi connectivity index (χ3v) is 6.49. The van der Waals surface area contributed by atoms with Crippen LogP contribution in [0.25, 0.3) is 22.2 Å². The molecule has 34 heavy (non-hydrogen) atoms. The second-order valence-corrected chi connectivity index (χ2v) is 8.85. The summed E-state index contributed by atoms with van der Waals surface area (Å²) in [6.07, 6.45) is 1.81. The van der Waals surface area contributed by atoms with Crippen LogP contribution < -0.4 is 4.90 Å². The van der Waals surface area contributed by atoms with Gasteiger partial charge in [-0.1, -0.05) is 67.9 Å². The molecule has 170 valence electrons. The first-order chi connectivity index (χ1) is 16.0. The van der Waals surface area contributed by atoms with Crippen molar-refractivity contribution in [3.63, 3.8) is 0 Å². The van der Waals surface area contributed by atoms with Gasteiger partial charge in [-0.2, -0.15) is 0 Å². The Balaban J connectivity index is 0.00000241. The Bertz CT molecular complexity index is 1520. The number of aromatic nitrogens is 2. The molecule has 5 heteroatoms. The van der Waals surface area contributed by atoms with E-state index in [-0.39, 0.29) is 32.2 Å². The molecule has 1 aliphatic heterocycles. The van der Waals surface area contributed by atoms with Crippen LogP contribution in [-0.4, -0.2) is 15.1 Å². The van der Waals surface area contributed by atoms with Gasteiger partial charge in [-0.25, -0.2) is 4.98 Å². The Kier molecular flexibility index (Phi) is 5.50. The summed E-state index contributed by atoms with van der Waals surface area (Å²) in [6.45, 7) is 4.50. The zero-order valence-electron chi connectivity index (χ0n) is 18.8. The summed E-state index contributed by atoms with van der Waals surface area (Å²) in [7, 11) is 0. The van der Waals surface area contributed by atoms with Crippen LogP contribution in [0.4, 0.5) is 17.2 Å². The number of phenolic OH excluding ortho intramolecular Hbond substituents is 1. The molecule has 0 amide bonds. The first kappa shape index (κ1) is 22.3. The predicted octanol–water partition coefficient (Wildman–Crippen LogP) is 6.91. The normalized spacial score (nSPS) is 13.6. The first-order valence-corrected chi connectivity index (χ1v) is 11.0. The molecule has 0 spiro atoms.